The lowest BCUT2D eigenvalue weighted by atomic mass is 10.4. The molecule has 0 aliphatic rings. The Morgan fingerprint density at radius 2 is 2.09 bits per heavy atom. The van der Waals surface area contributed by atoms with Crippen LogP contribution >= 0.6 is 0 Å². The molecule has 130 valence electrons. The van der Waals surface area contributed by atoms with Crippen molar-refractivity contribution in [2.45, 2.75) is 32.8 Å². The van der Waals surface area contributed by atoms with Gasteiger partial charge in [-0.15, -0.1) is 0 Å². The second-order valence-corrected chi connectivity index (χ2v) is 5.01. The molecular weight excluding hydrogens is 296 g/mol. The van der Waals surface area contributed by atoms with Crippen molar-refractivity contribution in [2.75, 3.05) is 33.3 Å². The van der Waals surface area contributed by atoms with E-state index < -0.39 is 0 Å². The third kappa shape index (κ3) is 9.57. The van der Waals surface area contributed by atoms with Crippen molar-refractivity contribution in [3.8, 4) is 0 Å². The van der Waals surface area contributed by atoms with Crippen LogP contribution in [0.5, 0.6) is 0 Å². The van der Waals surface area contributed by atoms with Gasteiger partial charge >= 0.3 is 0 Å². The summed E-state index contributed by atoms with van der Waals surface area (Å²) in [5, 5.41) is 9.13. The van der Waals surface area contributed by atoms with Crippen LogP contribution in [0.2, 0.25) is 0 Å². The molecule has 0 unspecified atom stereocenters. The predicted molar refractivity (Wildman–Crippen MR) is 90.3 cm³/mol. The number of carbonyl (C=O) groups is 1. The molecule has 0 aliphatic heterocycles. The van der Waals surface area contributed by atoms with Crippen LogP contribution in [-0.2, 0) is 16.1 Å². The van der Waals surface area contributed by atoms with Crippen LogP contribution < -0.4 is 16.0 Å². The van der Waals surface area contributed by atoms with Gasteiger partial charge in [-0.3, -0.25) is 9.79 Å². The van der Waals surface area contributed by atoms with Crippen LogP contribution in [0.25, 0.3) is 0 Å². The number of nitrogens with zero attached hydrogens (tertiary/aromatic N) is 1. The van der Waals surface area contributed by atoms with Crippen molar-refractivity contribution in [3.63, 3.8) is 0 Å². The molecule has 3 N–H and O–H groups in total. The molecule has 0 saturated heterocycles. The first-order valence-electron chi connectivity index (χ1n) is 8.07. The Balaban J connectivity index is 1.99. The Kier molecular flexibility index (Phi) is 10.4. The highest BCUT2D eigenvalue weighted by Gasteiger charge is 2.01. The van der Waals surface area contributed by atoms with Gasteiger partial charge in [-0.2, -0.15) is 0 Å². The average Bonchev–Trinajstić information content (AvgIpc) is 3.07. The number of hydrogen-bond donors (Lipinski definition) is 3. The molecule has 1 aromatic heterocycles. The largest absolute Gasteiger partial charge is 0.467 e. The molecule has 0 fully saturated rings. The molecule has 0 spiro atoms. The molecule has 7 heteroatoms. The summed E-state index contributed by atoms with van der Waals surface area (Å²) in [4.78, 5) is 15.6. The Morgan fingerprint density at radius 1 is 1.26 bits per heavy atom. The molecule has 1 rings (SSSR count). The normalized spacial score (nSPS) is 11.3. The van der Waals surface area contributed by atoms with Crippen molar-refractivity contribution < 1.29 is 13.9 Å². The lowest BCUT2D eigenvalue weighted by Crippen LogP contribution is -2.40. The van der Waals surface area contributed by atoms with E-state index in [0.717, 1.165) is 31.7 Å². The van der Waals surface area contributed by atoms with E-state index in [2.05, 4.69) is 20.9 Å². The molecule has 0 radical (unpaired) electrons. The summed E-state index contributed by atoms with van der Waals surface area (Å²) in [5.41, 5.74) is 0. The second kappa shape index (κ2) is 12.5. The van der Waals surface area contributed by atoms with E-state index in [9.17, 15) is 4.79 Å². The Bertz CT molecular complexity index is 446. The Hall–Kier alpha value is -2.02. The summed E-state index contributed by atoms with van der Waals surface area (Å²) >= 11 is 0. The second-order valence-electron chi connectivity index (χ2n) is 5.01. The molecule has 0 aromatic carbocycles. The average molecular weight is 324 g/mol. The van der Waals surface area contributed by atoms with Crippen molar-refractivity contribution in [1.82, 2.24) is 16.0 Å². The number of rotatable bonds is 11. The number of carbonyl (C=O) groups excluding carboxylic acids is 1. The maximum Gasteiger partial charge on any atom is 0.221 e. The lowest BCUT2D eigenvalue weighted by Gasteiger charge is -2.11. The fourth-order valence-electron chi connectivity index (χ4n) is 1.82. The molecule has 7 nitrogen and oxygen atoms in total. The maximum atomic E-state index is 11.5. The fraction of sp³-hybridized carbons (Fsp3) is 0.625. The zero-order valence-electron chi connectivity index (χ0n) is 14.1. The van der Waals surface area contributed by atoms with Gasteiger partial charge in [0.1, 0.15) is 12.4 Å². The van der Waals surface area contributed by atoms with Gasteiger partial charge in [0, 0.05) is 39.7 Å². The van der Waals surface area contributed by atoms with Gasteiger partial charge in [0.05, 0.1) is 6.26 Å². The summed E-state index contributed by atoms with van der Waals surface area (Å²) < 4.78 is 10.7. The molecular formula is C16H28N4O3. The third-order valence-corrected chi connectivity index (χ3v) is 3.02. The van der Waals surface area contributed by atoms with Crippen LogP contribution in [0.15, 0.2) is 27.8 Å². The van der Waals surface area contributed by atoms with E-state index in [1.807, 2.05) is 19.1 Å². The monoisotopic (exact) mass is 324 g/mol. The van der Waals surface area contributed by atoms with Gasteiger partial charge in [0.25, 0.3) is 0 Å². The molecule has 1 aromatic rings. The smallest absolute Gasteiger partial charge is 0.221 e. The first-order chi connectivity index (χ1) is 11.3. The fourth-order valence-corrected chi connectivity index (χ4v) is 1.82. The first-order valence-corrected chi connectivity index (χ1v) is 8.07. The van der Waals surface area contributed by atoms with Gasteiger partial charge < -0.3 is 25.1 Å². The molecule has 1 heterocycles. The van der Waals surface area contributed by atoms with Gasteiger partial charge in [0.2, 0.25) is 5.91 Å². The highest BCUT2D eigenvalue weighted by Crippen LogP contribution is 2.01. The molecule has 0 atom stereocenters. The summed E-state index contributed by atoms with van der Waals surface area (Å²) in [6.07, 6.45) is 3.88. The number of ether oxygens (including phenoxy) is 1. The Labute approximate surface area is 137 Å². The van der Waals surface area contributed by atoms with Crippen LogP contribution in [0, 0.1) is 0 Å². The molecule has 1 amide bonds. The summed E-state index contributed by atoms with van der Waals surface area (Å²) in [6.45, 7) is 5.20. The van der Waals surface area contributed by atoms with Crippen LogP contribution in [0.3, 0.4) is 0 Å². The third-order valence-electron chi connectivity index (χ3n) is 3.02. The minimum atomic E-state index is 0.0566. The maximum absolute atomic E-state index is 11.5. The van der Waals surface area contributed by atoms with E-state index >= 15 is 0 Å². The summed E-state index contributed by atoms with van der Waals surface area (Å²) in [7, 11) is 1.71. The topological polar surface area (TPSA) is 87.9 Å². The van der Waals surface area contributed by atoms with Gasteiger partial charge in [-0.05, 0) is 25.0 Å². The number of aliphatic imine (C=N–C) groups is 1. The minimum absolute atomic E-state index is 0.0566. The van der Waals surface area contributed by atoms with Crippen LogP contribution in [0.4, 0.5) is 0 Å². The van der Waals surface area contributed by atoms with E-state index in [4.69, 9.17) is 9.15 Å². The summed E-state index contributed by atoms with van der Waals surface area (Å²) in [6, 6.07) is 3.74. The SMILES string of the molecule is CCCNC(=O)CCNC(=NC)NCCCOCc1ccco1. The van der Waals surface area contributed by atoms with Crippen LogP contribution in [-0.4, -0.2) is 45.2 Å². The van der Waals surface area contributed by atoms with E-state index in [0.29, 0.717) is 32.1 Å². The van der Waals surface area contributed by atoms with Gasteiger partial charge in [-0.25, -0.2) is 0 Å². The Morgan fingerprint density at radius 3 is 2.78 bits per heavy atom. The van der Waals surface area contributed by atoms with Crippen molar-refractivity contribution in [2.24, 2.45) is 4.99 Å². The number of amides is 1. The minimum Gasteiger partial charge on any atom is -0.467 e. The highest BCUT2D eigenvalue weighted by atomic mass is 16.5. The molecule has 0 bridgehead atoms. The van der Waals surface area contributed by atoms with Crippen molar-refractivity contribution >= 4 is 11.9 Å². The predicted octanol–water partition coefficient (Wildman–Crippen LogP) is 1.27. The first kappa shape index (κ1) is 19.0. The van der Waals surface area contributed by atoms with Crippen molar-refractivity contribution in [1.29, 1.82) is 0 Å². The molecule has 23 heavy (non-hydrogen) atoms. The van der Waals surface area contributed by atoms with E-state index in [1.165, 1.54) is 0 Å². The number of nitrogens with one attached hydrogen (secondary N) is 3. The number of hydrogen-bond acceptors (Lipinski definition) is 4. The van der Waals surface area contributed by atoms with Gasteiger partial charge in [0.15, 0.2) is 5.96 Å². The number of furan rings is 1. The zero-order valence-corrected chi connectivity index (χ0v) is 14.1. The van der Waals surface area contributed by atoms with Gasteiger partial charge in [-0.1, -0.05) is 6.92 Å². The standard InChI is InChI=1S/C16H28N4O3/c1-3-8-18-15(21)7-10-20-16(17-2)19-9-5-11-22-13-14-6-4-12-23-14/h4,6,12H,3,5,7-11,13H2,1-2H3,(H,18,21)(H2,17,19,20). The van der Waals surface area contributed by atoms with E-state index in [-0.39, 0.29) is 5.91 Å². The number of guanidine groups is 1. The van der Waals surface area contributed by atoms with E-state index in [1.54, 1.807) is 13.3 Å². The van der Waals surface area contributed by atoms with Crippen molar-refractivity contribution in [3.05, 3.63) is 24.2 Å². The highest BCUT2D eigenvalue weighted by molar-refractivity contribution is 5.81. The van der Waals surface area contributed by atoms with Crippen LogP contribution in [0.1, 0.15) is 31.9 Å². The lowest BCUT2D eigenvalue weighted by molar-refractivity contribution is -0.120. The molecule has 0 saturated carbocycles. The quantitative estimate of drug-likeness (QED) is 0.324. The molecule has 0 aliphatic carbocycles. The summed E-state index contributed by atoms with van der Waals surface area (Å²) in [5.74, 6) is 1.58. The zero-order chi connectivity index (χ0) is 16.8.